The van der Waals surface area contributed by atoms with Gasteiger partial charge < -0.3 is 10.1 Å². The van der Waals surface area contributed by atoms with Crippen molar-refractivity contribution >= 4 is 5.69 Å². The van der Waals surface area contributed by atoms with Crippen LogP contribution in [0.2, 0.25) is 0 Å². The van der Waals surface area contributed by atoms with Crippen LogP contribution >= 0.6 is 0 Å². The van der Waals surface area contributed by atoms with Crippen LogP contribution in [0.15, 0.2) is 24.3 Å². The molecule has 0 aliphatic rings. The van der Waals surface area contributed by atoms with E-state index in [1.54, 1.807) is 12.1 Å². The zero-order chi connectivity index (χ0) is 13.2. The fourth-order valence-corrected chi connectivity index (χ4v) is 1.53. The molecule has 5 heteroatoms. The number of nitrogens with zero attached hydrogens (tertiary/aromatic N) is 1. The SMILES string of the molecule is CCCCCNCCOc1ccc([N+](=O)[O-])cc1. The summed E-state index contributed by atoms with van der Waals surface area (Å²) in [7, 11) is 0. The van der Waals surface area contributed by atoms with Crippen LogP contribution in [0.3, 0.4) is 0 Å². The molecule has 1 aromatic rings. The van der Waals surface area contributed by atoms with Gasteiger partial charge in [-0.05, 0) is 25.1 Å². The minimum absolute atomic E-state index is 0.0834. The predicted molar refractivity (Wildman–Crippen MR) is 71.0 cm³/mol. The molecule has 0 spiro atoms. The lowest BCUT2D eigenvalue weighted by Gasteiger charge is -2.07. The van der Waals surface area contributed by atoms with Gasteiger partial charge in [0, 0.05) is 18.7 Å². The number of hydrogen-bond acceptors (Lipinski definition) is 4. The molecule has 0 heterocycles. The van der Waals surface area contributed by atoms with Crippen LogP contribution in [0.25, 0.3) is 0 Å². The van der Waals surface area contributed by atoms with Gasteiger partial charge in [0.2, 0.25) is 0 Å². The van der Waals surface area contributed by atoms with E-state index in [-0.39, 0.29) is 5.69 Å². The molecular weight excluding hydrogens is 232 g/mol. The molecule has 1 aromatic carbocycles. The zero-order valence-electron chi connectivity index (χ0n) is 10.7. The van der Waals surface area contributed by atoms with Crippen LogP contribution in [0.5, 0.6) is 5.75 Å². The van der Waals surface area contributed by atoms with E-state index >= 15 is 0 Å². The Morgan fingerprint density at radius 2 is 1.94 bits per heavy atom. The number of nitro benzene ring substituents is 1. The summed E-state index contributed by atoms with van der Waals surface area (Å²) in [5.74, 6) is 0.663. The Morgan fingerprint density at radius 1 is 1.22 bits per heavy atom. The standard InChI is InChI=1S/C13H20N2O3/c1-2-3-4-9-14-10-11-18-13-7-5-12(6-8-13)15(16)17/h5-8,14H,2-4,9-11H2,1H3. The highest BCUT2D eigenvalue weighted by molar-refractivity contribution is 5.35. The molecule has 0 saturated heterocycles. The van der Waals surface area contributed by atoms with Crippen LogP contribution in [0.4, 0.5) is 5.69 Å². The summed E-state index contributed by atoms with van der Waals surface area (Å²) >= 11 is 0. The zero-order valence-corrected chi connectivity index (χ0v) is 10.7. The van der Waals surface area contributed by atoms with E-state index in [0.29, 0.717) is 12.4 Å². The second kappa shape index (κ2) is 8.47. The Kier molecular flexibility index (Phi) is 6.79. The second-order valence-electron chi connectivity index (χ2n) is 4.06. The molecule has 0 saturated carbocycles. The fraction of sp³-hybridized carbons (Fsp3) is 0.538. The Hall–Kier alpha value is -1.62. The van der Waals surface area contributed by atoms with Gasteiger partial charge in [0.15, 0.2) is 0 Å². The molecule has 18 heavy (non-hydrogen) atoms. The molecule has 100 valence electrons. The van der Waals surface area contributed by atoms with Crippen LogP contribution < -0.4 is 10.1 Å². The fourth-order valence-electron chi connectivity index (χ4n) is 1.53. The van der Waals surface area contributed by atoms with Gasteiger partial charge in [0.25, 0.3) is 5.69 Å². The maximum absolute atomic E-state index is 10.5. The summed E-state index contributed by atoms with van der Waals surface area (Å²) in [5, 5.41) is 13.7. The van der Waals surface area contributed by atoms with Crippen molar-refractivity contribution in [3.63, 3.8) is 0 Å². The molecule has 0 fully saturated rings. The first-order valence-corrected chi connectivity index (χ1v) is 6.32. The van der Waals surface area contributed by atoms with Crippen molar-refractivity contribution in [2.75, 3.05) is 19.7 Å². The minimum Gasteiger partial charge on any atom is -0.492 e. The first-order chi connectivity index (χ1) is 8.74. The molecule has 5 nitrogen and oxygen atoms in total. The third kappa shape index (κ3) is 5.63. The number of rotatable bonds is 9. The summed E-state index contributed by atoms with van der Waals surface area (Å²) < 4.78 is 5.46. The van der Waals surface area contributed by atoms with E-state index < -0.39 is 4.92 Å². The van der Waals surface area contributed by atoms with Gasteiger partial charge in [-0.1, -0.05) is 19.8 Å². The molecule has 1 N–H and O–H groups in total. The molecule has 0 atom stereocenters. The predicted octanol–water partition coefficient (Wildman–Crippen LogP) is 2.75. The van der Waals surface area contributed by atoms with Crippen LogP contribution in [-0.4, -0.2) is 24.6 Å². The largest absolute Gasteiger partial charge is 0.492 e. The van der Waals surface area contributed by atoms with Gasteiger partial charge in [-0.25, -0.2) is 0 Å². The molecule has 1 rings (SSSR count). The van der Waals surface area contributed by atoms with E-state index in [1.807, 2.05) is 0 Å². The lowest BCUT2D eigenvalue weighted by atomic mass is 10.2. The van der Waals surface area contributed by atoms with Crippen LogP contribution in [-0.2, 0) is 0 Å². The third-order valence-electron chi connectivity index (χ3n) is 2.55. The highest BCUT2D eigenvalue weighted by Gasteiger charge is 2.03. The van der Waals surface area contributed by atoms with E-state index in [2.05, 4.69) is 12.2 Å². The van der Waals surface area contributed by atoms with Crippen LogP contribution in [0, 0.1) is 10.1 Å². The summed E-state index contributed by atoms with van der Waals surface area (Å²) in [6.45, 7) is 4.56. The minimum atomic E-state index is -0.418. The van der Waals surface area contributed by atoms with E-state index in [1.165, 1.54) is 31.4 Å². The number of unbranched alkanes of at least 4 members (excludes halogenated alkanes) is 2. The van der Waals surface area contributed by atoms with Crippen molar-refractivity contribution in [2.24, 2.45) is 0 Å². The monoisotopic (exact) mass is 252 g/mol. The lowest BCUT2D eigenvalue weighted by molar-refractivity contribution is -0.384. The van der Waals surface area contributed by atoms with Gasteiger partial charge in [-0.15, -0.1) is 0 Å². The topological polar surface area (TPSA) is 64.4 Å². The molecule has 0 aliphatic heterocycles. The van der Waals surface area contributed by atoms with Gasteiger partial charge in [0.1, 0.15) is 12.4 Å². The lowest BCUT2D eigenvalue weighted by Crippen LogP contribution is -2.22. The van der Waals surface area contributed by atoms with Crippen molar-refractivity contribution in [2.45, 2.75) is 26.2 Å². The second-order valence-corrected chi connectivity index (χ2v) is 4.06. The van der Waals surface area contributed by atoms with E-state index in [0.717, 1.165) is 13.1 Å². The highest BCUT2D eigenvalue weighted by atomic mass is 16.6. The number of non-ortho nitro benzene ring substituents is 1. The molecule has 0 bridgehead atoms. The molecule has 0 radical (unpaired) electrons. The number of nitrogens with one attached hydrogen (secondary N) is 1. The third-order valence-corrected chi connectivity index (χ3v) is 2.55. The van der Waals surface area contributed by atoms with Crippen LogP contribution in [0.1, 0.15) is 26.2 Å². The summed E-state index contributed by atoms with van der Waals surface area (Å²) in [5.41, 5.74) is 0.0834. The smallest absolute Gasteiger partial charge is 0.269 e. The summed E-state index contributed by atoms with van der Waals surface area (Å²) in [6.07, 6.45) is 3.66. The van der Waals surface area contributed by atoms with E-state index in [4.69, 9.17) is 4.74 Å². The highest BCUT2D eigenvalue weighted by Crippen LogP contribution is 2.16. The first-order valence-electron chi connectivity index (χ1n) is 6.32. The number of hydrogen-bond donors (Lipinski definition) is 1. The molecule has 0 amide bonds. The van der Waals surface area contributed by atoms with Gasteiger partial charge in [-0.2, -0.15) is 0 Å². The average molecular weight is 252 g/mol. The normalized spacial score (nSPS) is 10.3. The van der Waals surface area contributed by atoms with Crippen molar-refractivity contribution in [3.05, 3.63) is 34.4 Å². The number of nitro groups is 1. The Morgan fingerprint density at radius 3 is 2.56 bits per heavy atom. The number of benzene rings is 1. The Bertz CT molecular complexity index is 352. The van der Waals surface area contributed by atoms with Crippen molar-refractivity contribution < 1.29 is 9.66 Å². The van der Waals surface area contributed by atoms with Gasteiger partial charge in [-0.3, -0.25) is 10.1 Å². The van der Waals surface area contributed by atoms with Gasteiger partial charge in [0.05, 0.1) is 4.92 Å². The average Bonchev–Trinajstić information content (AvgIpc) is 2.38. The maximum Gasteiger partial charge on any atom is 0.269 e. The summed E-state index contributed by atoms with van der Waals surface area (Å²) in [4.78, 5) is 10.0. The van der Waals surface area contributed by atoms with Crippen molar-refractivity contribution in [1.82, 2.24) is 5.32 Å². The molecular formula is C13H20N2O3. The summed E-state index contributed by atoms with van der Waals surface area (Å²) in [6, 6.07) is 6.14. The first kappa shape index (κ1) is 14.4. The van der Waals surface area contributed by atoms with Crippen molar-refractivity contribution in [1.29, 1.82) is 0 Å². The Balaban J connectivity index is 2.14. The van der Waals surface area contributed by atoms with Crippen molar-refractivity contribution in [3.8, 4) is 5.75 Å². The number of ether oxygens (including phenoxy) is 1. The maximum atomic E-state index is 10.5. The molecule has 0 unspecified atom stereocenters. The molecule has 0 aromatic heterocycles. The van der Waals surface area contributed by atoms with Gasteiger partial charge >= 0.3 is 0 Å². The Labute approximate surface area is 107 Å². The molecule has 0 aliphatic carbocycles. The van der Waals surface area contributed by atoms with E-state index in [9.17, 15) is 10.1 Å². The quantitative estimate of drug-likeness (QED) is 0.417.